The zero-order chi connectivity index (χ0) is 17.0. The number of hydrogen-bond acceptors (Lipinski definition) is 1. The minimum Gasteiger partial charge on any atom is -0.348 e. The number of benzene rings is 2. The SMILES string of the molecule is Cc1ccc(CN(C)C(=S)Nc2ccc(C(C)C)cc2)c(C)c1. The maximum atomic E-state index is 5.53. The van der Waals surface area contributed by atoms with Gasteiger partial charge in [-0.25, -0.2) is 0 Å². The molecule has 0 saturated heterocycles. The zero-order valence-electron chi connectivity index (χ0n) is 14.7. The van der Waals surface area contributed by atoms with Crippen LogP contribution >= 0.6 is 12.2 Å². The van der Waals surface area contributed by atoms with Gasteiger partial charge in [0.15, 0.2) is 5.11 Å². The van der Waals surface area contributed by atoms with E-state index in [0.29, 0.717) is 5.92 Å². The van der Waals surface area contributed by atoms with Crippen LogP contribution in [-0.2, 0) is 6.54 Å². The van der Waals surface area contributed by atoms with Gasteiger partial charge in [-0.15, -0.1) is 0 Å². The molecule has 2 aromatic rings. The molecule has 0 aromatic heterocycles. The molecule has 0 radical (unpaired) electrons. The Kier molecular flexibility index (Phi) is 5.78. The Hall–Kier alpha value is -1.87. The molecule has 23 heavy (non-hydrogen) atoms. The lowest BCUT2D eigenvalue weighted by Crippen LogP contribution is -2.30. The molecule has 0 atom stereocenters. The molecule has 0 unspecified atom stereocenters. The van der Waals surface area contributed by atoms with Gasteiger partial charge in [0.25, 0.3) is 0 Å². The normalized spacial score (nSPS) is 10.7. The fourth-order valence-electron chi connectivity index (χ4n) is 2.52. The molecule has 0 spiro atoms. The van der Waals surface area contributed by atoms with Gasteiger partial charge in [-0.2, -0.15) is 0 Å². The third-order valence-corrected chi connectivity index (χ3v) is 4.49. The van der Waals surface area contributed by atoms with Crippen molar-refractivity contribution in [3.8, 4) is 0 Å². The molecule has 2 rings (SSSR count). The molecule has 0 amide bonds. The Morgan fingerprint density at radius 1 is 1.09 bits per heavy atom. The molecule has 0 aliphatic heterocycles. The van der Waals surface area contributed by atoms with Crippen molar-refractivity contribution in [2.45, 2.75) is 40.2 Å². The third-order valence-electron chi connectivity index (χ3n) is 4.08. The zero-order valence-corrected chi connectivity index (χ0v) is 15.5. The van der Waals surface area contributed by atoms with Crippen molar-refractivity contribution >= 4 is 23.0 Å². The Bertz CT molecular complexity index is 675. The summed E-state index contributed by atoms with van der Waals surface area (Å²) < 4.78 is 0. The van der Waals surface area contributed by atoms with Crippen molar-refractivity contribution in [2.75, 3.05) is 12.4 Å². The molecular formula is C20H26N2S. The molecule has 0 fully saturated rings. The highest BCUT2D eigenvalue weighted by atomic mass is 32.1. The van der Waals surface area contributed by atoms with Crippen molar-refractivity contribution in [1.82, 2.24) is 4.90 Å². The highest BCUT2D eigenvalue weighted by molar-refractivity contribution is 7.80. The quantitative estimate of drug-likeness (QED) is 0.772. The van der Waals surface area contributed by atoms with Gasteiger partial charge in [0.2, 0.25) is 0 Å². The Morgan fingerprint density at radius 3 is 2.30 bits per heavy atom. The highest BCUT2D eigenvalue weighted by Crippen LogP contribution is 2.18. The molecule has 0 heterocycles. The first-order valence-electron chi connectivity index (χ1n) is 8.05. The molecule has 3 heteroatoms. The summed E-state index contributed by atoms with van der Waals surface area (Å²) in [6.07, 6.45) is 0. The number of hydrogen-bond donors (Lipinski definition) is 1. The molecule has 2 aromatic carbocycles. The van der Waals surface area contributed by atoms with Gasteiger partial charge in [-0.1, -0.05) is 49.7 Å². The minimum absolute atomic E-state index is 0.545. The Labute approximate surface area is 145 Å². The van der Waals surface area contributed by atoms with Gasteiger partial charge in [0.1, 0.15) is 0 Å². The van der Waals surface area contributed by atoms with Crippen molar-refractivity contribution in [2.24, 2.45) is 0 Å². The van der Waals surface area contributed by atoms with Gasteiger partial charge >= 0.3 is 0 Å². The monoisotopic (exact) mass is 326 g/mol. The predicted molar refractivity (Wildman–Crippen MR) is 104 cm³/mol. The summed E-state index contributed by atoms with van der Waals surface area (Å²) in [7, 11) is 2.02. The fraction of sp³-hybridized carbons (Fsp3) is 0.350. The van der Waals surface area contributed by atoms with Crippen molar-refractivity contribution in [3.05, 3.63) is 64.7 Å². The lowest BCUT2D eigenvalue weighted by atomic mass is 10.0. The number of nitrogens with zero attached hydrogens (tertiary/aromatic N) is 1. The summed E-state index contributed by atoms with van der Waals surface area (Å²) in [5, 5.41) is 4.05. The molecule has 0 saturated carbocycles. The van der Waals surface area contributed by atoms with Crippen molar-refractivity contribution in [3.63, 3.8) is 0 Å². The number of rotatable bonds is 4. The van der Waals surface area contributed by atoms with E-state index in [0.717, 1.165) is 17.3 Å². The van der Waals surface area contributed by atoms with Gasteiger partial charge < -0.3 is 10.2 Å². The second kappa shape index (κ2) is 7.60. The summed E-state index contributed by atoms with van der Waals surface area (Å²) in [6.45, 7) is 9.47. The van der Waals surface area contributed by atoms with Crippen LogP contribution in [0.25, 0.3) is 0 Å². The summed E-state index contributed by atoms with van der Waals surface area (Å²) in [5.41, 5.74) is 6.27. The second-order valence-corrected chi connectivity index (χ2v) is 6.88. The lowest BCUT2D eigenvalue weighted by molar-refractivity contribution is 0.507. The van der Waals surface area contributed by atoms with E-state index in [1.165, 1.54) is 22.3 Å². The molecule has 0 aliphatic carbocycles. The summed E-state index contributed by atoms with van der Waals surface area (Å²) in [5.74, 6) is 0.545. The van der Waals surface area contributed by atoms with Crippen molar-refractivity contribution < 1.29 is 0 Å². The first kappa shape index (κ1) is 17.5. The molecule has 0 aliphatic rings. The van der Waals surface area contributed by atoms with Gasteiger partial charge in [0.05, 0.1) is 0 Å². The van der Waals surface area contributed by atoms with E-state index < -0.39 is 0 Å². The Morgan fingerprint density at radius 2 is 1.74 bits per heavy atom. The maximum Gasteiger partial charge on any atom is 0.173 e. The van der Waals surface area contributed by atoms with E-state index >= 15 is 0 Å². The topological polar surface area (TPSA) is 15.3 Å². The first-order valence-corrected chi connectivity index (χ1v) is 8.46. The van der Waals surface area contributed by atoms with Gasteiger partial charge in [-0.3, -0.25) is 0 Å². The molecule has 1 N–H and O–H groups in total. The highest BCUT2D eigenvalue weighted by Gasteiger charge is 2.08. The molecule has 2 nitrogen and oxygen atoms in total. The number of nitrogens with one attached hydrogen (secondary N) is 1. The lowest BCUT2D eigenvalue weighted by Gasteiger charge is -2.22. The van der Waals surface area contributed by atoms with Gasteiger partial charge in [-0.05, 0) is 60.8 Å². The van der Waals surface area contributed by atoms with Crippen LogP contribution in [0, 0.1) is 13.8 Å². The number of aryl methyl sites for hydroxylation is 2. The van der Waals surface area contributed by atoms with E-state index in [4.69, 9.17) is 12.2 Å². The summed E-state index contributed by atoms with van der Waals surface area (Å²) in [6, 6.07) is 15.0. The Balaban J connectivity index is 1.99. The minimum atomic E-state index is 0.545. The predicted octanol–water partition coefficient (Wildman–Crippen LogP) is 5.26. The second-order valence-electron chi connectivity index (χ2n) is 6.49. The maximum absolute atomic E-state index is 5.53. The van der Waals surface area contributed by atoms with E-state index in [1.807, 2.05) is 7.05 Å². The van der Waals surface area contributed by atoms with Gasteiger partial charge in [0, 0.05) is 19.3 Å². The van der Waals surface area contributed by atoms with Crippen LogP contribution in [0.2, 0.25) is 0 Å². The van der Waals surface area contributed by atoms with Crippen LogP contribution in [0.15, 0.2) is 42.5 Å². The fourth-order valence-corrected chi connectivity index (χ4v) is 2.70. The van der Waals surface area contributed by atoms with Crippen LogP contribution in [0.3, 0.4) is 0 Å². The molecule has 0 bridgehead atoms. The first-order chi connectivity index (χ1) is 10.9. The average Bonchev–Trinajstić information content (AvgIpc) is 2.50. The smallest absolute Gasteiger partial charge is 0.173 e. The standard InChI is InChI=1S/C20H26N2S/c1-14(2)17-8-10-19(11-9-17)21-20(23)22(5)13-18-7-6-15(3)12-16(18)4/h6-12,14H,13H2,1-5H3,(H,21,23). The van der Waals surface area contributed by atoms with E-state index in [-0.39, 0.29) is 0 Å². The average molecular weight is 327 g/mol. The van der Waals surface area contributed by atoms with E-state index in [2.05, 4.69) is 80.4 Å². The van der Waals surface area contributed by atoms with Crippen molar-refractivity contribution in [1.29, 1.82) is 0 Å². The van der Waals surface area contributed by atoms with Crippen LogP contribution in [0.5, 0.6) is 0 Å². The number of thiocarbonyl (C=S) groups is 1. The van der Waals surface area contributed by atoms with Crippen LogP contribution < -0.4 is 5.32 Å². The van der Waals surface area contributed by atoms with Crippen LogP contribution in [-0.4, -0.2) is 17.1 Å². The molecule has 122 valence electrons. The largest absolute Gasteiger partial charge is 0.348 e. The van der Waals surface area contributed by atoms with E-state index in [9.17, 15) is 0 Å². The summed E-state index contributed by atoms with van der Waals surface area (Å²) in [4.78, 5) is 2.07. The van der Waals surface area contributed by atoms with E-state index in [1.54, 1.807) is 0 Å². The molecular weight excluding hydrogens is 300 g/mol. The van der Waals surface area contributed by atoms with Crippen LogP contribution in [0.4, 0.5) is 5.69 Å². The summed E-state index contributed by atoms with van der Waals surface area (Å²) >= 11 is 5.53. The third kappa shape index (κ3) is 4.80. The van der Waals surface area contributed by atoms with Crippen LogP contribution in [0.1, 0.15) is 42.0 Å². The number of anilines is 1.